The lowest BCUT2D eigenvalue weighted by Gasteiger charge is -2.06. The predicted molar refractivity (Wildman–Crippen MR) is 85.5 cm³/mol. The standard InChI is InChI=1S/C16H11Cl2FN2O2/c17-12-4-3-11(14(18)8-12)7-15-20-23-16(22)21(15)9-10-1-5-13(19)6-2-10/h1-6,8H,7,9H2. The summed E-state index contributed by atoms with van der Waals surface area (Å²) in [7, 11) is 0. The molecule has 0 radical (unpaired) electrons. The minimum Gasteiger partial charge on any atom is -0.296 e. The average molecular weight is 353 g/mol. The Bertz CT molecular complexity index is 888. The molecular weight excluding hydrogens is 342 g/mol. The van der Waals surface area contributed by atoms with Crippen LogP contribution in [0.15, 0.2) is 51.8 Å². The van der Waals surface area contributed by atoms with Gasteiger partial charge in [-0.15, -0.1) is 0 Å². The van der Waals surface area contributed by atoms with Crippen LogP contribution in [0.2, 0.25) is 10.0 Å². The number of aromatic nitrogens is 2. The van der Waals surface area contributed by atoms with E-state index in [1.165, 1.54) is 16.7 Å². The molecule has 0 aliphatic carbocycles. The van der Waals surface area contributed by atoms with Gasteiger partial charge in [0.25, 0.3) is 0 Å². The van der Waals surface area contributed by atoms with E-state index in [0.717, 1.165) is 11.1 Å². The third-order valence-electron chi connectivity index (χ3n) is 3.38. The molecule has 0 aliphatic rings. The molecule has 3 aromatic rings. The second-order valence-corrected chi connectivity index (χ2v) is 5.83. The molecule has 1 aromatic heterocycles. The molecule has 0 amide bonds. The fourth-order valence-electron chi connectivity index (χ4n) is 2.19. The van der Waals surface area contributed by atoms with Crippen molar-refractivity contribution < 1.29 is 8.91 Å². The Morgan fingerprint density at radius 1 is 1.13 bits per heavy atom. The lowest BCUT2D eigenvalue weighted by Crippen LogP contribution is -2.18. The van der Waals surface area contributed by atoms with E-state index in [2.05, 4.69) is 5.16 Å². The first-order valence-electron chi connectivity index (χ1n) is 6.76. The van der Waals surface area contributed by atoms with Crippen LogP contribution in [0.3, 0.4) is 0 Å². The fourth-order valence-corrected chi connectivity index (χ4v) is 2.66. The van der Waals surface area contributed by atoms with Gasteiger partial charge in [-0.1, -0.05) is 46.6 Å². The predicted octanol–water partition coefficient (Wildman–Crippen LogP) is 3.92. The summed E-state index contributed by atoms with van der Waals surface area (Å²) in [4.78, 5) is 11.8. The van der Waals surface area contributed by atoms with Crippen molar-refractivity contribution in [2.75, 3.05) is 0 Å². The van der Waals surface area contributed by atoms with E-state index in [4.69, 9.17) is 27.7 Å². The second kappa shape index (κ2) is 6.56. The Kier molecular flexibility index (Phi) is 4.50. The lowest BCUT2D eigenvalue weighted by atomic mass is 10.1. The molecule has 23 heavy (non-hydrogen) atoms. The molecule has 0 saturated heterocycles. The number of rotatable bonds is 4. The fraction of sp³-hybridized carbons (Fsp3) is 0.125. The average Bonchev–Trinajstić information content (AvgIpc) is 2.85. The molecule has 0 spiro atoms. The SMILES string of the molecule is O=c1onc(Cc2ccc(Cl)cc2Cl)n1Cc1ccc(F)cc1. The van der Waals surface area contributed by atoms with Crippen LogP contribution in [0.25, 0.3) is 0 Å². The molecule has 118 valence electrons. The third kappa shape index (κ3) is 3.63. The van der Waals surface area contributed by atoms with Gasteiger partial charge in [-0.25, -0.2) is 9.18 Å². The zero-order chi connectivity index (χ0) is 16.4. The van der Waals surface area contributed by atoms with Crippen molar-refractivity contribution in [2.45, 2.75) is 13.0 Å². The van der Waals surface area contributed by atoms with Gasteiger partial charge in [-0.05, 0) is 35.4 Å². The number of benzene rings is 2. The molecule has 0 saturated carbocycles. The molecule has 0 fully saturated rings. The van der Waals surface area contributed by atoms with Crippen molar-refractivity contribution in [3.8, 4) is 0 Å². The van der Waals surface area contributed by atoms with Gasteiger partial charge in [0, 0.05) is 16.5 Å². The van der Waals surface area contributed by atoms with Crippen LogP contribution in [0.1, 0.15) is 17.0 Å². The number of nitrogens with zero attached hydrogens (tertiary/aromatic N) is 2. The second-order valence-electron chi connectivity index (χ2n) is 4.99. The topological polar surface area (TPSA) is 48.0 Å². The van der Waals surface area contributed by atoms with Crippen LogP contribution >= 0.6 is 23.2 Å². The van der Waals surface area contributed by atoms with Crippen LogP contribution in [0.4, 0.5) is 4.39 Å². The van der Waals surface area contributed by atoms with Gasteiger partial charge < -0.3 is 0 Å². The molecule has 0 bridgehead atoms. The minimum atomic E-state index is -0.575. The highest BCUT2D eigenvalue weighted by molar-refractivity contribution is 6.35. The summed E-state index contributed by atoms with van der Waals surface area (Å²) < 4.78 is 19.1. The highest BCUT2D eigenvalue weighted by atomic mass is 35.5. The van der Waals surface area contributed by atoms with Crippen molar-refractivity contribution in [3.05, 3.63) is 85.8 Å². The first-order chi connectivity index (χ1) is 11.0. The summed E-state index contributed by atoms with van der Waals surface area (Å²) in [6.45, 7) is 0.239. The summed E-state index contributed by atoms with van der Waals surface area (Å²) in [6, 6.07) is 11.0. The van der Waals surface area contributed by atoms with Crippen molar-refractivity contribution in [1.82, 2.24) is 9.72 Å². The van der Waals surface area contributed by atoms with Crippen LogP contribution in [-0.2, 0) is 13.0 Å². The molecule has 0 unspecified atom stereocenters. The first kappa shape index (κ1) is 15.8. The van der Waals surface area contributed by atoms with Gasteiger partial charge in [0.2, 0.25) is 0 Å². The zero-order valence-electron chi connectivity index (χ0n) is 11.8. The van der Waals surface area contributed by atoms with Gasteiger partial charge in [0.05, 0.1) is 6.54 Å². The van der Waals surface area contributed by atoms with Gasteiger partial charge in [-0.2, -0.15) is 0 Å². The highest BCUT2D eigenvalue weighted by Gasteiger charge is 2.13. The highest BCUT2D eigenvalue weighted by Crippen LogP contribution is 2.23. The normalized spacial score (nSPS) is 10.9. The third-order valence-corrected chi connectivity index (χ3v) is 3.97. The largest absolute Gasteiger partial charge is 0.441 e. The number of hydrogen-bond donors (Lipinski definition) is 0. The Labute approximate surface area is 141 Å². The minimum absolute atomic E-state index is 0.239. The van der Waals surface area contributed by atoms with Crippen molar-refractivity contribution in [2.24, 2.45) is 0 Å². The first-order valence-corrected chi connectivity index (χ1v) is 7.52. The quantitative estimate of drug-likeness (QED) is 0.714. The van der Waals surface area contributed by atoms with Crippen LogP contribution < -0.4 is 5.76 Å². The van der Waals surface area contributed by atoms with Crippen molar-refractivity contribution in [3.63, 3.8) is 0 Å². The Hall–Kier alpha value is -2.11. The summed E-state index contributed by atoms with van der Waals surface area (Å²) in [5.41, 5.74) is 1.54. The molecule has 7 heteroatoms. The smallest absolute Gasteiger partial charge is 0.296 e. The summed E-state index contributed by atoms with van der Waals surface area (Å²) in [5, 5.41) is 4.82. The molecule has 1 heterocycles. The molecule has 0 aliphatic heterocycles. The molecule has 4 nitrogen and oxygen atoms in total. The van der Waals surface area contributed by atoms with Crippen molar-refractivity contribution in [1.29, 1.82) is 0 Å². The van der Waals surface area contributed by atoms with Gasteiger partial charge >= 0.3 is 5.76 Å². The van der Waals surface area contributed by atoms with Gasteiger partial charge in [0.1, 0.15) is 5.82 Å². The molecular formula is C16H11Cl2FN2O2. The molecule has 0 atom stereocenters. The molecule has 0 N–H and O–H groups in total. The molecule has 3 rings (SSSR count). The van der Waals surface area contributed by atoms with E-state index in [1.54, 1.807) is 30.3 Å². The molecule has 2 aromatic carbocycles. The maximum absolute atomic E-state index is 13.0. The number of halogens is 3. The maximum atomic E-state index is 13.0. The summed E-state index contributed by atoms with van der Waals surface area (Å²) in [6.07, 6.45) is 0.322. The van der Waals surface area contributed by atoms with E-state index in [9.17, 15) is 9.18 Å². The monoisotopic (exact) mass is 352 g/mol. The van der Waals surface area contributed by atoms with E-state index in [-0.39, 0.29) is 12.4 Å². The van der Waals surface area contributed by atoms with Crippen LogP contribution in [0, 0.1) is 5.82 Å². The van der Waals surface area contributed by atoms with E-state index < -0.39 is 5.76 Å². The maximum Gasteiger partial charge on any atom is 0.441 e. The Morgan fingerprint density at radius 2 is 1.87 bits per heavy atom. The Balaban J connectivity index is 1.89. The van der Waals surface area contributed by atoms with Gasteiger partial charge in [-0.3, -0.25) is 9.09 Å². The van der Waals surface area contributed by atoms with Crippen LogP contribution in [0.5, 0.6) is 0 Å². The van der Waals surface area contributed by atoms with Gasteiger partial charge in [0.15, 0.2) is 5.82 Å². The van der Waals surface area contributed by atoms with E-state index in [1.807, 2.05) is 0 Å². The van der Waals surface area contributed by atoms with Crippen LogP contribution in [-0.4, -0.2) is 9.72 Å². The lowest BCUT2D eigenvalue weighted by molar-refractivity contribution is 0.375. The van der Waals surface area contributed by atoms with Crippen molar-refractivity contribution >= 4 is 23.2 Å². The van der Waals surface area contributed by atoms with E-state index in [0.29, 0.717) is 22.3 Å². The zero-order valence-corrected chi connectivity index (χ0v) is 13.3. The summed E-state index contributed by atoms with van der Waals surface area (Å²) in [5.74, 6) is -0.474. The van der Waals surface area contributed by atoms with E-state index >= 15 is 0 Å². The summed E-state index contributed by atoms with van der Waals surface area (Å²) >= 11 is 12.0. The Morgan fingerprint density at radius 3 is 2.57 bits per heavy atom. The number of hydrogen-bond acceptors (Lipinski definition) is 3.